The molecule has 0 unspecified atom stereocenters. The molecule has 0 aromatic heterocycles. The van der Waals surface area contributed by atoms with E-state index in [9.17, 15) is 172 Å². The Morgan fingerprint density at radius 1 is 0.246 bits per heavy atom. The number of carbonyl (C=O) groups is 10. The van der Waals surface area contributed by atoms with Crippen molar-refractivity contribution in [2.45, 2.75) is 61.4 Å². The normalized spacial score (nSPS) is 19.6. The third-order valence-corrected chi connectivity index (χ3v) is 21.0. The first-order chi connectivity index (χ1) is 63.1. The zero-order chi connectivity index (χ0) is 97.5. The number of phenols is 29. The number of aromatic hydroxyl groups is 29. The average molecular weight is 1870 g/mol. The van der Waals surface area contributed by atoms with Gasteiger partial charge < -0.3 is 210 Å². The van der Waals surface area contributed by atoms with Gasteiger partial charge in [0.2, 0.25) is 76.5 Å². The Labute approximate surface area is 735 Å². The van der Waals surface area contributed by atoms with Crippen LogP contribution in [0.5, 0.6) is 178 Å². The molecule has 2 fully saturated rings. The van der Waals surface area contributed by atoms with Crippen molar-refractivity contribution < 1.29 is 258 Å². The van der Waals surface area contributed by atoms with Crippen LogP contribution < -0.4 is 4.74 Å². The van der Waals surface area contributed by atoms with Gasteiger partial charge in [-0.05, 0) is 72.8 Å². The highest BCUT2D eigenvalue weighted by molar-refractivity contribution is 6.12. The molecule has 10 atom stereocenters. The Kier molecular flexibility index (Phi) is 22.0. The molecule has 2 saturated heterocycles. The molecule has 52 nitrogen and oxygen atoms in total. The van der Waals surface area contributed by atoms with Crippen LogP contribution in [-0.4, -0.2) is 282 Å². The van der Waals surface area contributed by atoms with Gasteiger partial charge in [0, 0.05) is 39.4 Å². The summed E-state index contributed by atoms with van der Waals surface area (Å²) in [5.41, 5.74) is -20.1. The van der Waals surface area contributed by atoms with Gasteiger partial charge in [0.15, 0.2) is 151 Å². The second-order valence-electron chi connectivity index (χ2n) is 29.0. The van der Waals surface area contributed by atoms with Crippen LogP contribution in [-0.2, 0) is 56.8 Å². The number of cyclic esters (lactones) is 2. The lowest BCUT2D eigenvalue weighted by Gasteiger charge is -2.44. The van der Waals surface area contributed by atoms with Crippen molar-refractivity contribution in [3.8, 4) is 212 Å². The molecule has 134 heavy (non-hydrogen) atoms. The SMILES string of the molecule is O=C(O[C@H]1O[C@@H]2COC(=O)c3cc(O)c(O)c(O)c3-c3c(cc(O)c(O)c3O)C(=O)O[C@H]2[C@H](OC(=O)c2cc(O)c(O)c(O)c2)[C@H]1OC(=O)c1cc(O)c(O)c(O)c1)c1cc(O)c(O)c(Oc2c(C(=O)O[C@H]3O[C@@H]4COC(=O)c5cc(O)c(O)c(O)c5-c5c(cc(O)c(O)c5O)C(=O)O[C@H]4[C@@H]4OC(=O)c5cc(O)c(O)c(O)c5-c5c(cc(O)c(O)c5O)C(=O)O[C@@H]34)cc(O)c(O)c2O)c1. The monoisotopic (exact) mass is 1870 g/mol. The smallest absolute Gasteiger partial charge is 0.344 e. The predicted octanol–water partition coefficient (Wildman–Crippen LogP) is 3.71. The van der Waals surface area contributed by atoms with E-state index in [-0.39, 0.29) is 42.5 Å². The molecule has 10 aromatic carbocycles. The summed E-state index contributed by atoms with van der Waals surface area (Å²) in [4.78, 5) is 149. The van der Waals surface area contributed by atoms with Crippen molar-refractivity contribution in [3.05, 3.63) is 134 Å². The summed E-state index contributed by atoms with van der Waals surface area (Å²) in [6.07, 6.45) is -28.5. The van der Waals surface area contributed by atoms with Gasteiger partial charge in [-0.3, -0.25) is 0 Å². The second kappa shape index (κ2) is 32.9. The fourth-order valence-electron chi connectivity index (χ4n) is 14.5. The van der Waals surface area contributed by atoms with Gasteiger partial charge in [-0.25, -0.2) is 47.9 Å². The maximum atomic E-state index is 15.4. The van der Waals surface area contributed by atoms with Gasteiger partial charge in [-0.1, -0.05) is 0 Å². The molecule has 0 bridgehead atoms. The molecule has 696 valence electrons. The Morgan fingerprint density at radius 2 is 0.515 bits per heavy atom. The molecule has 0 spiro atoms. The number of benzene rings is 10. The predicted molar refractivity (Wildman–Crippen MR) is 414 cm³/mol. The maximum absolute atomic E-state index is 15.4. The van der Waals surface area contributed by atoms with Crippen LogP contribution in [0.3, 0.4) is 0 Å². The van der Waals surface area contributed by atoms with Gasteiger partial charge in [-0.15, -0.1) is 0 Å². The van der Waals surface area contributed by atoms with Gasteiger partial charge >= 0.3 is 59.7 Å². The van der Waals surface area contributed by atoms with E-state index in [1.165, 1.54) is 0 Å². The van der Waals surface area contributed by atoms with E-state index in [4.69, 9.17) is 61.6 Å². The largest absolute Gasteiger partial charge is 0.504 e. The summed E-state index contributed by atoms with van der Waals surface area (Å²) in [7, 11) is 0. The number of ether oxygens (including phenoxy) is 13. The number of esters is 10. The molecule has 0 saturated carbocycles. The maximum Gasteiger partial charge on any atom is 0.344 e. The summed E-state index contributed by atoms with van der Waals surface area (Å²) in [5, 5.41) is 318. The molecule has 5 aliphatic heterocycles. The zero-order valence-corrected chi connectivity index (χ0v) is 65.6. The number of phenolic OH excluding ortho intramolecular Hbond substituents is 29. The van der Waals surface area contributed by atoms with E-state index in [1.807, 2.05) is 0 Å². The Morgan fingerprint density at radius 3 is 0.888 bits per heavy atom. The topological polar surface area (TPSA) is 877 Å². The Hall–Kier alpha value is -19.2. The molecule has 15 rings (SSSR count). The van der Waals surface area contributed by atoms with E-state index in [0.29, 0.717) is 36.4 Å². The zero-order valence-electron chi connectivity index (χ0n) is 65.6. The Balaban J connectivity index is 0.839. The van der Waals surface area contributed by atoms with Gasteiger partial charge in [0.1, 0.15) is 31.0 Å². The second-order valence-corrected chi connectivity index (χ2v) is 29.0. The first-order valence-corrected chi connectivity index (χ1v) is 37.1. The van der Waals surface area contributed by atoms with Crippen LogP contribution in [0.1, 0.15) is 104 Å². The van der Waals surface area contributed by atoms with Crippen LogP contribution in [0.2, 0.25) is 0 Å². The van der Waals surface area contributed by atoms with Crippen molar-refractivity contribution >= 4 is 59.7 Å². The standard InChI is InChI=1S/C82H56O52/c83-26-1-16(2-27(84)47(26)95)71(112)129-67-65-39(14-122-74(115)19-7-31(88)50(98)57(105)41(19)43-21(76(117)127-65)9-33(90)52(100)59(43)107)125-81(69(67)131-72(113)17-3-28(85)48(96)29(86)4-17)133-73(114)18-5-30(87)49(97)38(6-18)124-64-25(13-37(94)56(104)63(64)111)80(121)134-82-70-68(130-78(119)23-11-35(92)54(102)61(109)45(23)46-24(79(120)132-70)12-36(93)55(103)62(46)110)66-40(126-82)15-123-75(116)20-8-32(89)51(99)58(106)42(20)44-22(77(118)128-66)10-34(91)53(101)60(44)108/h1-13,39-40,65-70,81-111H,14-15H2/t39-,40-,65-,66-,67+,68+,69-,70-,81-,82-/m1/s1. The molecular formula is C82H56O52. The first-order valence-electron chi connectivity index (χ1n) is 37.1. The summed E-state index contributed by atoms with van der Waals surface area (Å²) in [6.45, 7) is -3.13. The van der Waals surface area contributed by atoms with E-state index in [2.05, 4.69) is 0 Å². The molecule has 52 heteroatoms. The van der Waals surface area contributed by atoms with Gasteiger partial charge in [-0.2, -0.15) is 0 Å². The Bertz CT molecular complexity index is 6820. The van der Waals surface area contributed by atoms with E-state index >= 15 is 24.0 Å². The average Bonchev–Trinajstić information content (AvgIpc) is 1.68. The summed E-state index contributed by atoms with van der Waals surface area (Å²) >= 11 is 0. The lowest BCUT2D eigenvalue weighted by molar-refractivity contribution is -0.283. The third kappa shape index (κ3) is 15.0. The number of hydrogen-bond donors (Lipinski definition) is 29. The van der Waals surface area contributed by atoms with Gasteiger partial charge in [0.05, 0.1) is 50.1 Å². The quantitative estimate of drug-likeness (QED) is 0.0527. The minimum atomic E-state index is -3.09. The minimum absolute atomic E-state index is 0.108. The highest BCUT2D eigenvalue weighted by atomic mass is 16.8. The number of carbonyl (C=O) groups excluding carboxylic acids is 10. The number of rotatable bonds is 10. The van der Waals surface area contributed by atoms with Crippen LogP contribution in [0.4, 0.5) is 0 Å². The van der Waals surface area contributed by atoms with Crippen molar-refractivity contribution in [2.75, 3.05) is 13.2 Å². The number of hydrogen-bond acceptors (Lipinski definition) is 52. The van der Waals surface area contributed by atoms with Crippen molar-refractivity contribution in [1.29, 1.82) is 0 Å². The lowest BCUT2D eigenvalue weighted by Crippen LogP contribution is -2.63. The van der Waals surface area contributed by atoms with Crippen LogP contribution in [0, 0.1) is 0 Å². The highest BCUT2D eigenvalue weighted by Crippen LogP contribution is 2.59. The molecule has 5 aliphatic rings. The van der Waals surface area contributed by atoms with E-state index in [1.54, 1.807) is 0 Å². The first kappa shape index (κ1) is 89.6. The van der Waals surface area contributed by atoms with Crippen LogP contribution >= 0.6 is 0 Å². The third-order valence-electron chi connectivity index (χ3n) is 21.0. The summed E-state index contributed by atoms with van der Waals surface area (Å²) < 4.78 is 74.5. The summed E-state index contributed by atoms with van der Waals surface area (Å²) in [5.74, 6) is -66.9. The highest BCUT2D eigenvalue weighted by Gasteiger charge is 2.59. The van der Waals surface area contributed by atoms with Gasteiger partial charge in [0.25, 0.3) is 0 Å². The summed E-state index contributed by atoms with van der Waals surface area (Å²) in [6, 6.07) is 3.87. The van der Waals surface area contributed by atoms with E-state index < -0.39 is 402 Å². The van der Waals surface area contributed by atoms with Crippen molar-refractivity contribution in [1.82, 2.24) is 0 Å². The molecule has 29 N–H and O–H groups in total. The minimum Gasteiger partial charge on any atom is -0.504 e. The molecule has 10 aromatic rings. The van der Waals surface area contributed by atoms with E-state index in [0.717, 1.165) is 0 Å². The molecule has 5 heterocycles. The number of fused-ring (bicyclic) bond motifs is 13. The fourth-order valence-corrected chi connectivity index (χ4v) is 14.5. The molecule has 0 radical (unpaired) electrons. The van der Waals surface area contributed by atoms with Crippen LogP contribution in [0.25, 0.3) is 33.4 Å². The molecule has 0 aliphatic carbocycles. The van der Waals surface area contributed by atoms with Crippen LogP contribution in [0.15, 0.2) is 78.9 Å². The molecular weight excluding hydrogens is 1820 g/mol. The van der Waals surface area contributed by atoms with Crippen molar-refractivity contribution in [3.63, 3.8) is 0 Å². The fraction of sp³-hybridized carbons (Fsp3) is 0.146. The van der Waals surface area contributed by atoms with Crippen molar-refractivity contribution in [2.24, 2.45) is 0 Å². The molecule has 0 amide bonds. The lowest BCUT2D eigenvalue weighted by atomic mass is 9.91.